The summed E-state index contributed by atoms with van der Waals surface area (Å²) in [6.07, 6.45) is 1.49. The second kappa shape index (κ2) is 7.13. The lowest BCUT2D eigenvalue weighted by atomic mass is 10.2. The molecular formula is C20H14ClFN2O2S. The van der Waals surface area contributed by atoms with Crippen LogP contribution in [0.4, 0.5) is 4.39 Å². The van der Waals surface area contributed by atoms with Crippen LogP contribution in [0.15, 0.2) is 59.7 Å². The molecule has 0 atom stereocenters. The minimum atomic E-state index is -0.460. The first-order valence-electron chi connectivity index (χ1n) is 8.12. The summed E-state index contributed by atoms with van der Waals surface area (Å²) in [7, 11) is 1.41. The molecule has 0 bridgehead atoms. The van der Waals surface area contributed by atoms with E-state index < -0.39 is 5.82 Å². The van der Waals surface area contributed by atoms with E-state index >= 15 is 0 Å². The zero-order chi connectivity index (χ0) is 19.0. The summed E-state index contributed by atoms with van der Waals surface area (Å²) < 4.78 is 20.9. The standard InChI is InChI=1S/C20H14ClFN2O2S/c1-26-17-7-2-12(8-15(17)22)10-24-11-23-16-9-18(27-19(16)20(24)25)13-3-5-14(21)6-4-13/h2-9,11H,10H2,1H3. The van der Waals surface area contributed by atoms with Gasteiger partial charge in [0.2, 0.25) is 0 Å². The molecule has 0 N–H and O–H groups in total. The fraction of sp³-hybridized carbons (Fsp3) is 0.100. The number of hydrogen-bond donors (Lipinski definition) is 0. The maximum Gasteiger partial charge on any atom is 0.271 e. The van der Waals surface area contributed by atoms with Crippen LogP contribution in [0.3, 0.4) is 0 Å². The number of thiophene rings is 1. The van der Waals surface area contributed by atoms with Gasteiger partial charge in [-0.2, -0.15) is 0 Å². The van der Waals surface area contributed by atoms with Crippen molar-refractivity contribution in [2.75, 3.05) is 7.11 Å². The van der Waals surface area contributed by atoms with Crippen LogP contribution in [0.1, 0.15) is 5.56 Å². The Morgan fingerprint density at radius 2 is 1.96 bits per heavy atom. The largest absolute Gasteiger partial charge is 0.494 e. The molecule has 4 nitrogen and oxygen atoms in total. The summed E-state index contributed by atoms with van der Waals surface area (Å²) in [6, 6.07) is 14.0. The van der Waals surface area contributed by atoms with E-state index in [1.807, 2.05) is 30.3 Å². The molecule has 0 radical (unpaired) electrons. The average Bonchev–Trinajstić information content (AvgIpc) is 3.10. The Morgan fingerprint density at radius 3 is 2.67 bits per heavy atom. The van der Waals surface area contributed by atoms with Gasteiger partial charge < -0.3 is 4.74 Å². The summed E-state index contributed by atoms with van der Waals surface area (Å²) in [6.45, 7) is 0.233. The van der Waals surface area contributed by atoms with Gasteiger partial charge in [-0.3, -0.25) is 9.36 Å². The summed E-state index contributed by atoms with van der Waals surface area (Å²) in [5.41, 5.74) is 2.13. The van der Waals surface area contributed by atoms with Gasteiger partial charge in [-0.1, -0.05) is 29.8 Å². The highest BCUT2D eigenvalue weighted by atomic mass is 35.5. The third-order valence-electron chi connectivity index (χ3n) is 4.20. The van der Waals surface area contributed by atoms with Crippen LogP contribution in [-0.4, -0.2) is 16.7 Å². The smallest absolute Gasteiger partial charge is 0.271 e. The van der Waals surface area contributed by atoms with E-state index in [1.54, 1.807) is 12.1 Å². The highest BCUT2D eigenvalue weighted by Gasteiger charge is 2.12. The number of methoxy groups -OCH3 is 1. The van der Waals surface area contributed by atoms with E-state index in [2.05, 4.69) is 4.98 Å². The van der Waals surface area contributed by atoms with Crippen LogP contribution in [0.25, 0.3) is 20.7 Å². The number of nitrogens with zero attached hydrogens (tertiary/aromatic N) is 2. The monoisotopic (exact) mass is 400 g/mol. The maximum absolute atomic E-state index is 13.9. The third kappa shape index (κ3) is 3.46. The van der Waals surface area contributed by atoms with Crippen molar-refractivity contribution in [1.29, 1.82) is 0 Å². The molecule has 7 heteroatoms. The Bertz CT molecular complexity index is 1190. The van der Waals surface area contributed by atoms with Crippen LogP contribution in [0.5, 0.6) is 5.75 Å². The predicted molar refractivity (Wildman–Crippen MR) is 106 cm³/mol. The molecule has 2 heterocycles. The Balaban J connectivity index is 1.71. The van der Waals surface area contributed by atoms with E-state index in [-0.39, 0.29) is 17.9 Å². The summed E-state index contributed by atoms with van der Waals surface area (Å²) in [5.74, 6) is -0.288. The number of fused-ring (bicyclic) bond motifs is 1. The molecule has 0 unspecified atom stereocenters. The lowest BCUT2D eigenvalue weighted by molar-refractivity contribution is 0.386. The summed E-state index contributed by atoms with van der Waals surface area (Å²) in [5, 5.41) is 0.659. The second-order valence-corrected chi connectivity index (χ2v) is 7.47. The van der Waals surface area contributed by atoms with E-state index in [9.17, 15) is 9.18 Å². The molecule has 0 spiro atoms. The third-order valence-corrected chi connectivity index (χ3v) is 5.61. The minimum absolute atomic E-state index is 0.151. The minimum Gasteiger partial charge on any atom is -0.494 e. The van der Waals surface area contributed by atoms with Crippen molar-refractivity contribution in [1.82, 2.24) is 9.55 Å². The molecular weight excluding hydrogens is 387 g/mol. The van der Waals surface area contributed by atoms with Crippen molar-refractivity contribution in [2.24, 2.45) is 0 Å². The average molecular weight is 401 g/mol. The van der Waals surface area contributed by atoms with Crippen LogP contribution < -0.4 is 10.3 Å². The SMILES string of the molecule is COc1ccc(Cn2cnc3cc(-c4ccc(Cl)cc4)sc3c2=O)cc1F. The summed E-state index contributed by atoms with van der Waals surface area (Å²) in [4.78, 5) is 18.2. The van der Waals surface area contributed by atoms with E-state index in [1.165, 1.54) is 35.4 Å². The van der Waals surface area contributed by atoms with Crippen molar-refractivity contribution in [3.05, 3.63) is 81.6 Å². The first kappa shape index (κ1) is 17.7. The zero-order valence-corrected chi connectivity index (χ0v) is 15.9. The fourth-order valence-corrected chi connectivity index (χ4v) is 4.01. The molecule has 0 aliphatic heterocycles. The van der Waals surface area contributed by atoms with Crippen LogP contribution in [0, 0.1) is 5.82 Å². The first-order valence-corrected chi connectivity index (χ1v) is 9.32. The quantitative estimate of drug-likeness (QED) is 0.485. The molecule has 0 aliphatic carbocycles. The Morgan fingerprint density at radius 1 is 1.19 bits per heavy atom. The molecule has 4 aromatic rings. The van der Waals surface area contributed by atoms with Gasteiger partial charge in [0.1, 0.15) is 4.70 Å². The van der Waals surface area contributed by atoms with Gasteiger partial charge in [0, 0.05) is 9.90 Å². The van der Waals surface area contributed by atoms with E-state index in [0.29, 0.717) is 20.8 Å². The fourth-order valence-electron chi connectivity index (χ4n) is 2.82. The van der Waals surface area contributed by atoms with Crippen molar-refractivity contribution in [2.45, 2.75) is 6.54 Å². The van der Waals surface area contributed by atoms with Gasteiger partial charge in [-0.25, -0.2) is 9.37 Å². The highest BCUT2D eigenvalue weighted by Crippen LogP contribution is 2.31. The molecule has 136 valence electrons. The molecule has 0 fully saturated rings. The molecule has 0 aliphatic rings. The predicted octanol–water partition coefficient (Wildman–Crippen LogP) is 4.97. The normalized spacial score (nSPS) is 11.1. The lowest BCUT2D eigenvalue weighted by Gasteiger charge is -2.07. The maximum atomic E-state index is 13.9. The first-order chi connectivity index (χ1) is 13.0. The van der Waals surface area contributed by atoms with E-state index in [4.69, 9.17) is 16.3 Å². The highest BCUT2D eigenvalue weighted by molar-refractivity contribution is 7.22. The number of halogens is 2. The second-order valence-electron chi connectivity index (χ2n) is 5.98. The number of hydrogen-bond acceptors (Lipinski definition) is 4. The van der Waals surface area contributed by atoms with Crippen molar-refractivity contribution >= 4 is 33.2 Å². The zero-order valence-electron chi connectivity index (χ0n) is 14.3. The molecule has 27 heavy (non-hydrogen) atoms. The van der Waals surface area contributed by atoms with E-state index in [0.717, 1.165) is 10.4 Å². The molecule has 4 rings (SSSR count). The Kier molecular flexibility index (Phi) is 4.68. The van der Waals surface area contributed by atoms with Crippen LogP contribution >= 0.6 is 22.9 Å². The molecule has 0 amide bonds. The van der Waals surface area contributed by atoms with Crippen LogP contribution in [0.2, 0.25) is 5.02 Å². The van der Waals surface area contributed by atoms with Gasteiger partial charge in [-0.05, 0) is 41.5 Å². The number of benzene rings is 2. The van der Waals surface area contributed by atoms with Gasteiger partial charge in [0.25, 0.3) is 5.56 Å². The van der Waals surface area contributed by atoms with Gasteiger partial charge in [0.05, 0.1) is 25.5 Å². The Hall–Kier alpha value is -2.70. The van der Waals surface area contributed by atoms with Crippen LogP contribution in [-0.2, 0) is 6.54 Å². The van der Waals surface area contributed by atoms with Crippen molar-refractivity contribution in [3.63, 3.8) is 0 Å². The Labute approximate surface area is 163 Å². The van der Waals surface area contributed by atoms with Crippen molar-refractivity contribution in [3.8, 4) is 16.2 Å². The molecule has 0 saturated heterocycles. The van der Waals surface area contributed by atoms with Gasteiger partial charge in [0.15, 0.2) is 11.6 Å². The molecule has 2 aromatic heterocycles. The number of rotatable bonds is 4. The van der Waals surface area contributed by atoms with Crippen molar-refractivity contribution < 1.29 is 9.13 Å². The number of aromatic nitrogens is 2. The topological polar surface area (TPSA) is 44.1 Å². The summed E-state index contributed by atoms with van der Waals surface area (Å²) >= 11 is 7.32. The van der Waals surface area contributed by atoms with Gasteiger partial charge >= 0.3 is 0 Å². The van der Waals surface area contributed by atoms with Gasteiger partial charge in [-0.15, -0.1) is 11.3 Å². The lowest BCUT2D eigenvalue weighted by Crippen LogP contribution is -2.20. The molecule has 0 saturated carbocycles. The number of ether oxygens (including phenoxy) is 1. The molecule has 2 aromatic carbocycles.